The van der Waals surface area contributed by atoms with Gasteiger partial charge in [-0.05, 0) is 18.3 Å². The molecule has 1 aromatic carbocycles. The van der Waals surface area contributed by atoms with Gasteiger partial charge in [-0.25, -0.2) is 0 Å². The molecule has 3 unspecified atom stereocenters. The quantitative estimate of drug-likeness (QED) is 0.488. The predicted octanol–water partition coefficient (Wildman–Crippen LogP) is 2.19. The maximum absolute atomic E-state index is 13.6. The lowest BCUT2D eigenvalue weighted by molar-refractivity contribution is -0.138. The van der Waals surface area contributed by atoms with Crippen molar-refractivity contribution in [3.8, 4) is 0 Å². The first kappa shape index (κ1) is 14.4. The number of Topliss-reactive ketones (excluding diaryl/α,β-unsaturated/α-hetero) is 2. The molecule has 0 radical (unpaired) electrons. The van der Waals surface area contributed by atoms with Crippen LogP contribution in [0, 0.1) is 11.3 Å². The van der Waals surface area contributed by atoms with E-state index in [1.807, 2.05) is 0 Å². The molecule has 0 saturated heterocycles. The van der Waals surface area contributed by atoms with Crippen molar-refractivity contribution in [2.75, 3.05) is 0 Å². The number of rotatable bonds is 3. The van der Waals surface area contributed by atoms with Crippen LogP contribution in [0.3, 0.4) is 0 Å². The Balaban J connectivity index is 2.31. The number of carbonyl (C=O) groups excluding carboxylic acids is 3. The van der Waals surface area contributed by atoms with Crippen molar-refractivity contribution >= 4 is 30.0 Å². The largest absolute Gasteiger partial charge is 0.310 e. The van der Waals surface area contributed by atoms with Gasteiger partial charge in [0.1, 0.15) is 5.16 Å². The summed E-state index contributed by atoms with van der Waals surface area (Å²) in [6.07, 6.45) is 0.877. The van der Waals surface area contributed by atoms with Gasteiger partial charge in [0.15, 0.2) is 13.2 Å². The summed E-state index contributed by atoms with van der Waals surface area (Å²) in [5, 5.41) is -0.984. The third-order valence-electron chi connectivity index (χ3n) is 5.50. The third-order valence-corrected chi connectivity index (χ3v) is 9.00. The van der Waals surface area contributed by atoms with Crippen LogP contribution >= 0.6 is 7.14 Å². The van der Waals surface area contributed by atoms with Gasteiger partial charge in [0.25, 0.3) is 0 Å². The fraction of sp³-hybridized carbons (Fsp3) is 0.438. The molecule has 3 rings (SSSR count). The van der Waals surface area contributed by atoms with Gasteiger partial charge in [0.2, 0.25) is 11.6 Å². The van der Waals surface area contributed by atoms with Crippen molar-refractivity contribution in [1.82, 2.24) is 0 Å². The van der Waals surface area contributed by atoms with Crippen LogP contribution in [-0.4, -0.2) is 22.7 Å². The first-order valence-corrected chi connectivity index (χ1v) is 8.81. The van der Waals surface area contributed by atoms with E-state index in [9.17, 15) is 18.9 Å². The Morgan fingerprint density at radius 2 is 1.81 bits per heavy atom. The molecular formula is C16H17O4P. The Hall–Kier alpha value is -1.54. The summed E-state index contributed by atoms with van der Waals surface area (Å²) in [6.45, 7) is 3.60. The molecule has 3 atom stereocenters. The summed E-state index contributed by atoms with van der Waals surface area (Å²) in [5.41, 5.74) is -0.743. The van der Waals surface area contributed by atoms with Crippen LogP contribution in [0.1, 0.15) is 26.7 Å². The van der Waals surface area contributed by atoms with Crippen molar-refractivity contribution in [2.45, 2.75) is 31.8 Å². The van der Waals surface area contributed by atoms with Gasteiger partial charge in [-0.3, -0.25) is 14.4 Å². The molecular weight excluding hydrogens is 287 g/mol. The van der Waals surface area contributed by atoms with Crippen molar-refractivity contribution < 1.29 is 18.9 Å². The molecule has 2 saturated carbocycles. The molecule has 0 aromatic heterocycles. The highest BCUT2D eigenvalue weighted by molar-refractivity contribution is 7.87. The highest BCUT2D eigenvalue weighted by Gasteiger charge is 2.75. The molecule has 2 bridgehead atoms. The number of hydrogen-bond donors (Lipinski definition) is 0. The molecule has 21 heavy (non-hydrogen) atoms. The first-order valence-electron chi connectivity index (χ1n) is 7.03. The number of hydrogen-bond acceptors (Lipinski definition) is 4. The van der Waals surface area contributed by atoms with Crippen LogP contribution in [0.15, 0.2) is 30.3 Å². The summed E-state index contributed by atoms with van der Waals surface area (Å²) in [7, 11) is -3.66. The van der Waals surface area contributed by atoms with Crippen molar-refractivity contribution in [1.29, 1.82) is 0 Å². The number of carbonyl (C=O) groups is 3. The van der Waals surface area contributed by atoms with Gasteiger partial charge >= 0.3 is 0 Å². The fourth-order valence-electron chi connectivity index (χ4n) is 4.32. The van der Waals surface area contributed by atoms with Gasteiger partial charge < -0.3 is 4.57 Å². The van der Waals surface area contributed by atoms with E-state index in [1.165, 1.54) is 0 Å². The van der Waals surface area contributed by atoms with E-state index < -0.39 is 35.2 Å². The minimum atomic E-state index is -3.66. The Morgan fingerprint density at radius 3 is 2.29 bits per heavy atom. The minimum absolute atomic E-state index is 0.347. The Kier molecular flexibility index (Phi) is 2.90. The molecule has 0 aliphatic heterocycles. The van der Waals surface area contributed by atoms with Crippen LogP contribution in [-0.2, 0) is 18.9 Å². The second kappa shape index (κ2) is 4.23. The summed E-state index contributed by atoms with van der Waals surface area (Å²) >= 11 is 0. The Morgan fingerprint density at radius 1 is 1.19 bits per heavy atom. The van der Waals surface area contributed by atoms with E-state index in [-0.39, 0.29) is 0 Å². The van der Waals surface area contributed by atoms with E-state index in [1.54, 1.807) is 44.2 Å². The van der Waals surface area contributed by atoms with Gasteiger partial charge in [0, 0.05) is 11.2 Å². The van der Waals surface area contributed by atoms with Crippen LogP contribution in [0.5, 0.6) is 0 Å². The molecule has 2 aliphatic carbocycles. The highest BCUT2D eigenvalue weighted by atomic mass is 31.2. The molecule has 2 aliphatic rings. The molecule has 4 nitrogen and oxygen atoms in total. The lowest BCUT2D eigenvalue weighted by Crippen LogP contribution is -2.47. The minimum Gasteiger partial charge on any atom is -0.310 e. The standard InChI is InChI=1S/C16H17O4P/c1-15(2)12-8-9-16(15,14(19)13(12)18)21(20,10-17)11-6-4-3-5-7-11/h3-7,10,12H,8-9H2,1-2H3. The highest BCUT2D eigenvalue weighted by Crippen LogP contribution is 2.73. The van der Waals surface area contributed by atoms with Crippen molar-refractivity contribution in [3.63, 3.8) is 0 Å². The normalized spacial score (nSPS) is 33.0. The molecule has 1 aromatic rings. The van der Waals surface area contributed by atoms with Crippen molar-refractivity contribution in [2.24, 2.45) is 11.3 Å². The van der Waals surface area contributed by atoms with E-state index >= 15 is 0 Å². The SMILES string of the molecule is CC1(C)C2CCC1(P(=O)(C=O)c1ccccc1)C(=O)C2=O. The van der Waals surface area contributed by atoms with Gasteiger partial charge in [-0.2, -0.15) is 0 Å². The van der Waals surface area contributed by atoms with Crippen LogP contribution in [0.4, 0.5) is 0 Å². The number of ketones is 2. The van der Waals surface area contributed by atoms with Gasteiger partial charge in [-0.1, -0.05) is 44.2 Å². The van der Waals surface area contributed by atoms with E-state index in [4.69, 9.17) is 0 Å². The average molecular weight is 304 g/mol. The maximum Gasteiger partial charge on any atom is 0.213 e. The number of benzene rings is 1. The van der Waals surface area contributed by atoms with Gasteiger partial charge in [0.05, 0.1) is 0 Å². The summed E-state index contributed by atoms with van der Waals surface area (Å²) in [4.78, 5) is 36.6. The Bertz CT molecular complexity index is 691. The van der Waals surface area contributed by atoms with Crippen LogP contribution in [0.2, 0.25) is 0 Å². The third kappa shape index (κ3) is 1.41. The zero-order chi connectivity index (χ0) is 15.5. The van der Waals surface area contributed by atoms with E-state index in [0.717, 1.165) is 0 Å². The number of fused-ring (bicyclic) bond motifs is 2. The first-order chi connectivity index (χ1) is 9.83. The van der Waals surface area contributed by atoms with Crippen LogP contribution < -0.4 is 5.30 Å². The zero-order valence-corrected chi connectivity index (χ0v) is 12.9. The molecule has 0 amide bonds. The van der Waals surface area contributed by atoms with E-state index in [2.05, 4.69) is 0 Å². The molecule has 110 valence electrons. The van der Waals surface area contributed by atoms with E-state index in [0.29, 0.717) is 24.2 Å². The maximum atomic E-state index is 13.6. The molecule has 5 heteroatoms. The fourth-order valence-corrected chi connectivity index (χ4v) is 7.56. The summed E-state index contributed by atoms with van der Waals surface area (Å²) in [5.74, 6) is -1.48. The predicted molar refractivity (Wildman–Crippen MR) is 79.7 cm³/mol. The smallest absolute Gasteiger partial charge is 0.213 e. The lowest BCUT2D eigenvalue weighted by Gasteiger charge is -2.39. The molecule has 0 heterocycles. The monoisotopic (exact) mass is 304 g/mol. The van der Waals surface area contributed by atoms with Crippen molar-refractivity contribution in [3.05, 3.63) is 30.3 Å². The molecule has 0 spiro atoms. The molecule has 2 fully saturated rings. The van der Waals surface area contributed by atoms with Crippen LogP contribution in [0.25, 0.3) is 0 Å². The molecule has 0 N–H and O–H groups in total. The Labute approximate surface area is 123 Å². The second-order valence-electron chi connectivity index (χ2n) is 6.47. The van der Waals surface area contributed by atoms with Gasteiger partial charge in [-0.15, -0.1) is 0 Å². The summed E-state index contributed by atoms with van der Waals surface area (Å²) < 4.78 is 13.6. The zero-order valence-electron chi connectivity index (χ0n) is 12.0. The summed E-state index contributed by atoms with van der Waals surface area (Å²) in [6, 6.07) is 8.82. The lowest BCUT2D eigenvalue weighted by atomic mass is 9.81. The topological polar surface area (TPSA) is 68.3 Å². The second-order valence-corrected chi connectivity index (χ2v) is 9.27. The average Bonchev–Trinajstić information content (AvgIpc) is 2.84.